The summed E-state index contributed by atoms with van der Waals surface area (Å²) in [5.41, 5.74) is 11.8. The molecule has 6 aromatic rings. The standard InChI is InChI=1S/C36H24/c1-2-11-24-20-29-25(19-23(24)10-1)21-30-27-13-5-7-15-31(27)36(35(29)30)32-16-8-6-14-28(32)34-26-12-4-3-9-22(26)17-18-33(34)36/h1-20,30,35H,21H2. The molecule has 0 saturated heterocycles. The minimum atomic E-state index is -0.162. The summed E-state index contributed by atoms with van der Waals surface area (Å²) in [5, 5.41) is 5.41. The van der Waals surface area contributed by atoms with Gasteiger partial charge in [0.1, 0.15) is 0 Å². The molecule has 168 valence electrons. The van der Waals surface area contributed by atoms with Crippen molar-refractivity contribution >= 4 is 21.5 Å². The van der Waals surface area contributed by atoms with Crippen LogP contribution in [0.4, 0.5) is 0 Å². The van der Waals surface area contributed by atoms with Crippen LogP contribution < -0.4 is 0 Å². The lowest BCUT2D eigenvalue weighted by atomic mass is 9.65. The highest BCUT2D eigenvalue weighted by molar-refractivity contribution is 6.04. The van der Waals surface area contributed by atoms with Crippen molar-refractivity contribution in [2.24, 2.45) is 0 Å². The van der Waals surface area contributed by atoms with Gasteiger partial charge in [0.15, 0.2) is 0 Å². The van der Waals surface area contributed by atoms with Gasteiger partial charge in [-0.05, 0) is 78.4 Å². The van der Waals surface area contributed by atoms with E-state index >= 15 is 0 Å². The van der Waals surface area contributed by atoms with E-state index in [4.69, 9.17) is 0 Å². The van der Waals surface area contributed by atoms with Gasteiger partial charge in [0.2, 0.25) is 0 Å². The van der Waals surface area contributed by atoms with Crippen molar-refractivity contribution in [1.29, 1.82) is 0 Å². The first-order valence-electron chi connectivity index (χ1n) is 13.1. The molecular formula is C36H24. The Balaban J connectivity index is 1.46. The molecule has 3 aliphatic carbocycles. The highest BCUT2D eigenvalue weighted by Crippen LogP contribution is 2.70. The lowest BCUT2D eigenvalue weighted by molar-refractivity contribution is 0.490. The van der Waals surface area contributed by atoms with Gasteiger partial charge in [-0.2, -0.15) is 0 Å². The molecule has 0 aliphatic heterocycles. The van der Waals surface area contributed by atoms with Crippen LogP contribution in [0.2, 0.25) is 0 Å². The first-order chi connectivity index (χ1) is 17.9. The maximum Gasteiger partial charge on any atom is 0.0541 e. The van der Waals surface area contributed by atoms with Gasteiger partial charge in [-0.25, -0.2) is 0 Å². The third-order valence-corrected chi connectivity index (χ3v) is 9.41. The van der Waals surface area contributed by atoms with Crippen LogP contribution in [-0.4, -0.2) is 0 Å². The number of fused-ring (bicyclic) bond motifs is 15. The lowest BCUT2D eigenvalue weighted by Crippen LogP contribution is -2.31. The van der Waals surface area contributed by atoms with E-state index in [0.29, 0.717) is 11.8 Å². The Morgan fingerprint density at radius 2 is 1.22 bits per heavy atom. The Kier molecular flexibility index (Phi) is 3.46. The highest BCUT2D eigenvalue weighted by Gasteiger charge is 2.60. The molecule has 0 amide bonds. The van der Waals surface area contributed by atoms with Gasteiger partial charge < -0.3 is 0 Å². The Hall–Kier alpha value is -4.16. The summed E-state index contributed by atoms with van der Waals surface area (Å²) in [7, 11) is 0. The quantitative estimate of drug-likeness (QED) is 0.214. The van der Waals surface area contributed by atoms with Crippen molar-refractivity contribution < 1.29 is 0 Å². The van der Waals surface area contributed by atoms with Gasteiger partial charge in [-0.3, -0.25) is 0 Å². The molecule has 0 N–H and O–H groups in total. The highest BCUT2D eigenvalue weighted by atomic mass is 14.6. The van der Waals surface area contributed by atoms with E-state index in [-0.39, 0.29) is 5.41 Å². The van der Waals surface area contributed by atoms with Crippen LogP contribution in [0.3, 0.4) is 0 Å². The van der Waals surface area contributed by atoms with Crippen LogP contribution in [0.15, 0.2) is 121 Å². The molecule has 0 bridgehead atoms. The fraction of sp³-hybridized carbons (Fsp3) is 0.111. The summed E-state index contributed by atoms with van der Waals surface area (Å²) in [5.74, 6) is 0.900. The molecule has 3 atom stereocenters. The Bertz CT molecular complexity index is 1890. The molecule has 6 aromatic carbocycles. The molecule has 36 heavy (non-hydrogen) atoms. The fourth-order valence-corrected chi connectivity index (χ4v) is 8.22. The molecule has 0 heteroatoms. The van der Waals surface area contributed by atoms with Crippen molar-refractivity contribution in [3.8, 4) is 11.1 Å². The summed E-state index contributed by atoms with van der Waals surface area (Å²) >= 11 is 0. The first kappa shape index (κ1) is 19.1. The van der Waals surface area contributed by atoms with Crippen molar-refractivity contribution in [1.82, 2.24) is 0 Å². The van der Waals surface area contributed by atoms with Crippen molar-refractivity contribution in [2.75, 3.05) is 0 Å². The van der Waals surface area contributed by atoms with E-state index < -0.39 is 0 Å². The second-order valence-electron chi connectivity index (χ2n) is 10.8. The zero-order valence-corrected chi connectivity index (χ0v) is 19.9. The molecule has 0 radical (unpaired) electrons. The zero-order valence-electron chi connectivity index (χ0n) is 19.9. The first-order valence-corrected chi connectivity index (χ1v) is 13.1. The summed E-state index contributed by atoms with van der Waals surface area (Å²) in [6.45, 7) is 0. The topological polar surface area (TPSA) is 0 Å². The zero-order chi connectivity index (χ0) is 23.4. The van der Waals surface area contributed by atoms with E-state index in [2.05, 4.69) is 121 Å². The molecule has 3 unspecified atom stereocenters. The van der Waals surface area contributed by atoms with Gasteiger partial charge in [-0.15, -0.1) is 0 Å². The largest absolute Gasteiger partial charge is 0.0620 e. The van der Waals surface area contributed by atoms with Gasteiger partial charge in [0, 0.05) is 5.92 Å². The Labute approximate surface area is 210 Å². The molecule has 3 aliphatic rings. The maximum absolute atomic E-state index is 2.52. The normalized spacial score (nSPS) is 22.4. The molecule has 0 fully saturated rings. The fourth-order valence-electron chi connectivity index (χ4n) is 8.22. The molecule has 1 spiro atoms. The smallest absolute Gasteiger partial charge is 0.0541 e. The van der Waals surface area contributed by atoms with Crippen molar-refractivity contribution in [3.63, 3.8) is 0 Å². The third kappa shape index (κ3) is 2.10. The van der Waals surface area contributed by atoms with E-state index in [0.717, 1.165) is 6.42 Å². The average Bonchev–Trinajstić information content (AvgIpc) is 3.55. The van der Waals surface area contributed by atoms with E-state index in [1.165, 1.54) is 54.9 Å². The van der Waals surface area contributed by atoms with Gasteiger partial charge in [0.25, 0.3) is 0 Å². The molecule has 0 nitrogen and oxygen atoms in total. The van der Waals surface area contributed by atoms with Gasteiger partial charge in [-0.1, -0.05) is 121 Å². The second-order valence-corrected chi connectivity index (χ2v) is 10.8. The van der Waals surface area contributed by atoms with Crippen molar-refractivity contribution in [2.45, 2.75) is 23.7 Å². The van der Waals surface area contributed by atoms with Crippen LogP contribution in [0, 0.1) is 0 Å². The molecule has 9 rings (SSSR count). The monoisotopic (exact) mass is 456 g/mol. The van der Waals surface area contributed by atoms with E-state index in [9.17, 15) is 0 Å². The maximum atomic E-state index is 2.52. The summed E-state index contributed by atoms with van der Waals surface area (Å²) < 4.78 is 0. The number of hydrogen-bond donors (Lipinski definition) is 0. The van der Waals surface area contributed by atoms with E-state index in [1.807, 2.05) is 0 Å². The van der Waals surface area contributed by atoms with Crippen molar-refractivity contribution in [3.05, 3.63) is 155 Å². The minimum absolute atomic E-state index is 0.162. The SMILES string of the molecule is c1ccc2c(c1)-c1c(ccc3ccccc13)C21c2ccccc2C2Cc3cc4ccccc4cc3C21. The second kappa shape index (κ2) is 6.53. The summed E-state index contributed by atoms with van der Waals surface area (Å²) in [6, 6.07) is 46.2. The van der Waals surface area contributed by atoms with Crippen LogP contribution in [-0.2, 0) is 11.8 Å². The van der Waals surface area contributed by atoms with Gasteiger partial charge in [0.05, 0.1) is 5.41 Å². The van der Waals surface area contributed by atoms with Crippen LogP contribution in [0.1, 0.15) is 45.2 Å². The minimum Gasteiger partial charge on any atom is -0.0620 e. The van der Waals surface area contributed by atoms with E-state index in [1.54, 1.807) is 11.1 Å². The van der Waals surface area contributed by atoms with Crippen LogP contribution in [0.5, 0.6) is 0 Å². The van der Waals surface area contributed by atoms with Crippen LogP contribution >= 0.6 is 0 Å². The Morgan fingerprint density at radius 1 is 0.528 bits per heavy atom. The molecule has 0 heterocycles. The summed E-state index contributed by atoms with van der Waals surface area (Å²) in [6.07, 6.45) is 1.12. The number of rotatable bonds is 0. The predicted octanol–water partition coefficient (Wildman–Crippen LogP) is 8.74. The average molecular weight is 457 g/mol. The van der Waals surface area contributed by atoms with Gasteiger partial charge >= 0.3 is 0 Å². The number of benzene rings is 6. The number of hydrogen-bond acceptors (Lipinski definition) is 0. The van der Waals surface area contributed by atoms with Crippen LogP contribution in [0.25, 0.3) is 32.7 Å². The summed E-state index contributed by atoms with van der Waals surface area (Å²) in [4.78, 5) is 0. The molecular weight excluding hydrogens is 432 g/mol. The molecule has 0 saturated carbocycles. The third-order valence-electron chi connectivity index (χ3n) is 9.41. The Morgan fingerprint density at radius 3 is 2.11 bits per heavy atom. The molecule has 0 aromatic heterocycles. The lowest BCUT2D eigenvalue weighted by Gasteiger charge is -2.36. The predicted molar refractivity (Wildman–Crippen MR) is 149 cm³/mol.